The lowest BCUT2D eigenvalue weighted by atomic mass is 9.90. The molecule has 120 valence electrons. The molecule has 2 aromatic carbocycles. The summed E-state index contributed by atoms with van der Waals surface area (Å²) in [5.41, 5.74) is 4.01. The van der Waals surface area contributed by atoms with Crippen molar-refractivity contribution in [1.29, 1.82) is 0 Å². The van der Waals surface area contributed by atoms with E-state index in [1.165, 1.54) is 5.56 Å². The molecule has 4 heteroatoms. The summed E-state index contributed by atoms with van der Waals surface area (Å²) >= 11 is 0. The summed E-state index contributed by atoms with van der Waals surface area (Å²) in [6.45, 7) is 0.607. The second-order valence-corrected chi connectivity index (χ2v) is 6.18. The molecule has 1 N–H and O–H groups in total. The summed E-state index contributed by atoms with van der Waals surface area (Å²) in [5.74, 6) is 1.35. The molecule has 0 bridgehead atoms. The molecule has 3 aromatic rings. The molecule has 0 saturated carbocycles. The first-order chi connectivity index (χ1) is 11.8. The predicted molar refractivity (Wildman–Crippen MR) is 92.1 cm³/mol. The van der Waals surface area contributed by atoms with Gasteiger partial charge in [0.1, 0.15) is 5.75 Å². The molecule has 4 nitrogen and oxygen atoms in total. The molecule has 4 rings (SSSR count). The van der Waals surface area contributed by atoms with Gasteiger partial charge in [-0.3, -0.25) is 9.89 Å². The number of ether oxygens (including phenoxy) is 1. The number of aromatic amines is 1. The molecule has 0 saturated heterocycles. The fraction of sp³-hybridized carbons (Fsp3) is 0.200. The number of para-hydroxylation sites is 1. The number of carbonyl (C=O) groups excluding carboxylic acids is 1. The Morgan fingerprint density at radius 2 is 1.96 bits per heavy atom. The van der Waals surface area contributed by atoms with Gasteiger partial charge in [0, 0.05) is 29.7 Å². The van der Waals surface area contributed by atoms with Gasteiger partial charge < -0.3 is 4.74 Å². The number of hydrogen-bond donors (Lipinski definition) is 1. The van der Waals surface area contributed by atoms with Crippen molar-refractivity contribution in [3.8, 4) is 16.9 Å². The second kappa shape index (κ2) is 6.32. The van der Waals surface area contributed by atoms with E-state index in [1.807, 2.05) is 48.7 Å². The zero-order valence-corrected chi connectivity index (χ0v) is 13.2. The number of fused-ring (bicyclic) bond motifs is 1. The SMILES string of the molecule is O=C(CC1COc2ccccc2C1)c1ccc(-c2cn[nH]c2)cc1. The molecular formula is C20H18N2O2. The molecule has 2 heterocycles. The normalized spacial score (nSPS) is 16.2. The molecule has 0 aliphatic carbocycles. The average Bonchev–Trinajstić information content (AvgIpc) is 3.16. The third-order valence-electron chi connectivity index (χ3n) is 4.47. The smallest absolute Gasteiger partial charge is 0.163 e. The van der Waals surface area contributed by atoms with Gasteiger partial charge in [-0.1, -0.05) is 42.5 Å². The van der Waals surface area contributed by atoms with E-state index in [1.54, 1.807) is 6.20 Å². The van der Waals surface area contributed by atoms with E-state index >= 15 is 0 Å². The van der Waals surface area contributed by atoms with Gasteiger partial charge in [-0.2, -0.15) is 5.10 Å². The summed E-state index contributed by atoms with van der Waals surface area (Å²) in [6.07, 6.45) is 5.02. The number of nitrogens with zero attached hydrogens (tertiary/aromatic N) is 1. The maximum atomic E-state index is 12.5. The van der Waals surface area contributed by atoms with Crippen LogP contribution in [-0.4, -0.2) is 22.6 Å². The quantitative estimate of drug-likeness (QED) is 0.742. The zero-order valence-electron chi connectivity index (χ0n) is 13.2. The molecule has 1 atom stereocenters. The molecule has 24 heavy (non-hydrogen) atoms. The zero-order chi connectivity index (χ0) is 16.4. The second-order valence-electron chi connectivity index (χ2n) is 6.18. The molecule has 1 aromatic heterocycles. The van der Waals surface area contributed by atoms with Gasteiger partial charge >= 0.3 is 0 Å². The number of carbonyl (C=O) groups is 1. The van der Waals surface area contributed by atoms with Gasteiger partial charge in [0.15, 0.2) is 5.78 Å². The Kier molecular flexibility index (Phi) is 3.87. The minimum Gasteiger partial charge on any atom is -0.493 e. The highest BCUT2D eigenvalue weighted by molar-refractivity contribution is 5.96. The molecule has 1 aliphatic heterocycles. The van der Waals surface area contributed by atoms with Crippen LogP contribution in [0.4, 0.5) is 0 Å². The molecule has 1 unspecified atom stereocenters. The number of benzene rings is 2. The number of hydrogen-bond acceptors (Lipinski definition) is 3. The molecule has 0 spiro atoms. The Balaban J connectivity index is 1.43. The maximum absolute atomic E-state index is 12.5. The predicted octanol–water partition coefficient (Wildman–Crippen LogP) is 3.90. The minimum absolute atomic E-state index is 0.168. The van der Waals surface area contributed by atoms with E-state index in [0.29, 0.717) is 13.0 Å². The lowest BCUT2D eigenvalue weighted by molar-refractivity contribution is 0.0934. The van der Waals surface area contributed by atoms with Crippen molar-refractivity contribution in [2.45, 2.75) is 12.8 Å². The Morgan fingerprint density at radius 1 is 1.12 bits per heavy atom. The third kappa shape index (κ3) is 2.95. The summed E-state index contributed by atoms with van der Waals surface area (Å²) in [5, 5.41) is 6.74. The molecule has 1 aliphatic rings. The first kappa shape index (κ1) is 14.7. The fourth-order valence-corrected chi connectivity index (χ4v) is 3.16. The average molecular weight is 318 g/mol. The van der Waals surface area contributed by atoms with Crippen molar-refractivity contribution < 1.29 is 9.53 Å². The highest BCUT2D eigenvalue weighted by Gasteiger charge is 2.22. The Bertz CT molecular complexity index is 838. The fourth-order valence-electron chi connectivity index (χ4n) is 3.16. The standard InChI is InChI=1S/C20H18N2O2/c23-19(10-14-9-17-3-1-2-4-20(17)24-13-14)16-7-5-15(6-8-16)18-11-21-22-12-18/h1-8,11-12,14H,9-10,13H2,(H,21,22). The van der Waals surface area contributed by atoms with Gasteiger partial charge in [0.2, 0.25) is 0 Å². The van der Waals surface area contributed by atoms with Gasteiger partial charge in [-0.25, -0.2) is 0 Å². The first-order valence-electron chi connectivity index (χ1n) is 8.13. The van der Waals surface area contributed by atoms with E-state index in [9.17, 15) is 4.79 Å². The van der Waals surface area contributed by atoms with Crippen LogP contribution in [0.5, 0.6) is 5.75 Å². The summed E-state index contributed by atoms with van der Waals surface area (Å²) in [4.78, 5) is 12.5. The summed E-state index contributed by atoms with van der Waals surface area (Å²) in [7, 11) is 0. The van der Waals surface area contributed by atoms with E-state index in [0.717, 1.165) is 28.9 Å². The van der Waals surface area contributed by atoms with Crippen LogP contribution in [0.15, 0.2) is 60.9 Å². The van der Waals surface area contributed by atoms with E-state index in [4.69, 9.17) is 4.74 Å². The van der Waals surface area contributed by atoms with Crippen LogP contribution in [0.25, 0.3) is 11.1 Å². The van der Waals surface area contributed by atoms with Crippen LogP contribution in [0, 0.1) is 5.92 Å². The van der Waals surface area contributed by atoms with Crippen LogP contribution >= 0.6 is 0 Å². The van der Waals surface area contributed by atoms with Crippen LogP contribution in [-0.2, 0) is 6.42 Å². The Labute approximate surface area is 140 Å². The molecule has 0 radical (unpaired) electrons. The summed E-state index contributed by atoms with van der Waals surface area (Å²) < 4.78 is 5.78. The van der Waals surface area contributed by atoms with Crippen LogP contribution in [0.3, 0.4) is 0 Å². The highest BCUT2D eigenvalue weighted by atomic mass is 16.5. The molecule has 0 amide bonds. The minimum atomic E-state index is 0.168. The maximum Gasteiger partial charge on any atom is 0.163 e. The van der Waals surface area contributed by atoms with E-state index in [2.05, 4.69) is 16.3 Å². The number of H-pyrrole nitrogens is 1. The largest absolute Gasteiger partial charge is 0.493 e. The van der Waals surface area contributed by atoms with Crippen molar-refractivity contribution in [3.63, 3.8) is 0 Å². The van der Waals surface area contributed by atoms with Crippen molar-refractivity contribution in [3.05, 3.63) is 72.1 Å². The monoisotopic (exact) mass is 318 g/mol. The van der Waals surface area contributed by atoms with Crippen LogP contribution in [0.1, 0.15) is 22.3 Å². The lowest BCUT2D eigenvalue weighted by Gasteiger charge is -2.24. The third-order valence-corrected chi connectivity index (χ3v) is 4.47. The number of Topliss-reactive ketones (excluding diaryl/α,β-unsaturated/α-hetero) is 1. The first-order valence-corrected chi connectivity index (χ1v) is 8.13. The van der Waals surface area contributed by atoms with E-state index < -0.39 is 0 Å². The number of rotatable bonds is 4. The van der Waals surface area contributed by atoms with E-state index in [-0.39, 0.29) is 11.7 Å². The number of ketones is 1. The Hall–Kier alpha value is -2.88. The van der Waals surface area contributed by atoms with Gasteiger partial charge in [-0.05, 0) is 23.6 Å². The summed E-state index contributed by atoms with van der Waals surface area (Å²) in [6, 6.07) is 15.8. The van der Waals surface area contributed by atoms with Gasteiger partial charge in [-0.15, -0.1) is 0 Å². The van der Waals surface area contributed by atoms with Crippen LogP contribution < -0.4 is 4.74 Å². The highest BCUT2D eigenvalue weighted by Crippen LogP contribution is 2.29. The van der Waals surface area contributed by atoms with Gasteiger partial charge in [0.05, 0.1) is 12.8 Å². The number of nitrogens with one attached hydrogen (secondary N) is 1. The Morgan fingerprint density at radius 3 is 2.75 bits per heavy atom. The number of aromatic nitrogens is 2. The van der Waals surface area contributed by atoms with Gasteiger partial charge in [0.25, 0.3) is 0 Å². The van der Waals surface area contributed by atoms with Crippen molar-refractivity contribution in [1.82, 2.24) is 10.2 Å². The van der Waals surface area contributed by atoms with Crippen molar-refractivity contribution >= 4 is 5.78 Å². The van der Waals surface area contributed by atoms with Crippen molar-refractivity contribution in [2.24, 2.45) is 5.92 Å². The molecule has 0 fully saturated rings. The topological polar surface area (TPSA) is 55.0 Å². The van der Waals surface area contributed by atoms with Crippen molar-refractivity contribution in [2.75, 3.05) is 6.61 Å². The molecular weight excluding hydrogens is 300 g/mol. The van der Waals surface area contributed by atoms with Crippen LogP contribution in [0.2, 0.25) is 0 Å². The lowest BCUT2D eigenvalue weighted by Crippen LogP contribution is -2.23.